The summed E-state index contributed by atoms with van der Waals surface area (Å²) in [7, 11) is 1.60. The van der Waals surface area contributed by atoms with Crippen LogP contribution in [0, 0.1) is 5.92 Å². The SMILES string of the molecule is COc1ccnc(N2CCN(C(=O)C3CC3c3ccccc3)CC2)n1. The Balaban J connectivity index is 1.34. The van der Waals surface area contributed by atoms with Gasteiger partial charge in [-0.1, -0.05) is 30.3 Å². The third-order valence-electron chi connectivity index (χ3n) is 5.04. The van der Waals surface area contributed by atoms with Gasteiger partial charge in [-0.2, -0.15) is 4.98 Å². The molecule has 0 radical (unpaired) electrons. The molecule has 25 heavy (non-hydrogen) atoms. The Labute approximate surface area is 147 Å². The van der Waals surface area contributed by atoms with Crippen molar-refractivity contribution < 1.29 is 9.53 Å². The number of hydrogen-bond acceptors (Lipinski definition) is 5. The molecule has 2 aliphatic rings. The first-order valence-corrected chi connectivity index (χ1v) is 8.72. The summed E-state index contributed by atoms with van der Waals surface area (Å²) in [6, 6.07) is 12.1. The summed E-state index contributed by atoms with van der Waals surface area (Å²) in [6.45, 7) is 2.94. The Kier molecular flexibility index (Phi) is 4.26. The molecule has 130 valence electrons. The fourth-order valence-electron chi connectivity index (χ4n) is 3.50. The average molecular weight is 338 g/mol. The summed E-state index contributed by atoms with van der Waals surface area (Å²) in [6.07, 6.45) is 2.68. The molecule has 0 spiro atoms. The van der Waals surface area contributed by atoms with E-state index < -0.39 is 0 Å². The van der Waals surface area contributed by atoms with Gasteiger partial charge in [0.1, 0.15) is 0 Å². The number of ether oxygens (including phenoxy) is 1. The summed E-state index contributed by atoms with van der Waals surface area (Å²) >= 11 is 0. The van der Waals surface area contributed by atoms with E-state index in [0.29, 0.717) is 23.7 Å². The van der Waals surface area contributed by atoms with Gasteiger partial charge in [-0.25, -0.2) is 4.98 Å². The largest absolute Gasteiger partial charge is 0.481 e. The molecule has 1 aromatic carbocycles. The lowest BCUT2D eigenvalue weighted by molar-refractivity contribution is -0.133. The van der Waals surface area contributed by atoms with Gasteiger partial charge in [-0.05, 0) is 17.9 Å². The molecule has 2 fully saturated rings. The predicted octanol–water partition coefficient (Wildman–Crippen LogP) is 1.94. The van der Waals surface area contributed by atoms with Crippen LogP contribution in [0.25, 0.3) is 0 Å². The summed E-state index contributed by atoms with van der Waals surface area (Å²) in [5.74, 6) is 2.07. The van der Waals surface area contributed by atoms with Crippen LogP contribution >= 0.6 is 0 Å². The number of piperazine rings is 1. The van der Waals surface area contributed by atoms with Crippen LogP contribution in [0.3, 0.4) is 0 Å². The van der Waals surface area contributed by atoms with Crippen LogP contribution in [0.15, 0.2) is 42.6 Å². The van der Waals surface area contributed by atoms with Gasteiger partial charge >= 0.3 is 0 Å². The second-order valence-electron chi connectivity index (χ2n) is 6.57. The Morgan fingerprint density at radius 1 is 1.12 bits per heavy atom. The second kappa shape index (κ2) is 6.70. The molecular weight excluding hydrogens is 316 g/mol. The van der Waals surface area contributed by atoms with Crippen LogP contribution in [0.5, 0.6) is 5.88 Å². The highest BCUT2D eigenvalue weighted by molar-refractivity contribution is 5.83. The number of methoxy groups -OCH3 is 1. The van der Waals surface area contributed by atoms with Gasteiger partial charge in [0.25, 0.3) is 0 Å². The highest BCUT2D eigenvalue weighted by atomic mass is 16.5. The zero-order chi connectivity index (χ0) is 17.2. The lowest BCUT2D eigenvalue weighted by atomic mass is 10.1. The maximum Gasteiger partial charge on any atom is 0.228 e. The number of anilines is 1. The number of hydrogen-bond donors (Lipinski definition) is 0. The number of amides is 1. The summed E-state index contributed by atoms with van der Waals surface area (Å²) in [5, 5.41) is 0. The molecular formula is C19H22N4O2. The number of carbonyl (C=O) groups excluding carboxylic acids is 1. The van der Waals surface area contributed by atoms with Gasteiger partial charge in [0.05, 0.1) is 7.11 Å². The smallest absolute Gasteiger partial charge is 0.228 e. The minimum absolute atomic E-state index is 0.155. The molecule has 0 N–H and O–H groups in total. The van der Waals surface area contributed by atoms with Crippen molar-refractivity contribution in [2.24, 2.45) is 5.92 Å². The predicted molar refractivity (Wildman–Crippen MR) is 94.7 cm³/mol. The van der Waals surface area contributed by atoms with Crippen molar-refractivity contribution in [2.75, 3.05) is 38.2 Å². The highest BCUT2D eigenvalue weighted by Crippen LogP contribution is 2.48. The lowest BCUT2D eigenvalue weighted by Gasteiger charge is -2.35. The minimum atomic E-state index is 0.155. The van der Waals surface area contributed by atoms with Gasteiger partial charge in [0.2, 0.25) is 17.7 Å². The van der Waals surface area contributed by atoms with Crippen LogP contribution in [0.4, 0.5) is 5.95 Å². The normalized spacial score (nSPS) is 22.6. The number of nitrogens with zero attached hydrogens (tertiary/aromatic N) is 4. The first-order valence-electron chi connectivity index (χ1n) is 8.72. The zero-order valence-corrected chi connectivity index (χ0v) is 14.3. The fourth-order valence-corrected chi connectivity index (χ4v) is 3.50. The van der Waals surface area contributed by atoms with Crippen molar-refractivity contribution in [3.63, 3.8) is 0 Å². The van der Waals surface area contributed by atoms with Crippen molar-refractivity contribution in [3.8, 4) is 5.88 Å². The molecule has 2 aromatic rings. The summed E-state index contributed by atoms with van der Waals surface area (Å²) in [5.41, 5.74) is 1.28. The molecule has 1 aromatic heterocycles. The molecule has 2 heterocycles. The zero-order valence-electron chi connectivity index (χ0n) is 14.3. The molecule has 2 atom stereocenters. The van der Waals surface area contributed by atoms with Crippen molar-refractivity contribution in [2.45, 2.75) is 12.3 Å². The Morgan fingerprint density at radius 2 is 1.88 bits per heavy atom. The summed E-state index contributed by atoms with van der Waals surface area (Å²) in [4.78, 5) is 25.5. The summed E-state index contributed by atoms with van der Waals surface area (Å²) < 4.78 is 5.16. The van der Waals surface area contributed by atoms with E-state index in [1.165, 1.54) is 5.56 Å². The number of aromatic nitrogens is 2. The second-order valence-corrected chi connectivity index (χ2v) is 6.57. The van der Waals surface area contributed by atoms with Crippen LogP contribution in [-0.4, -0.2) is 54.1 Å². The Morgan fingerprint density at radius 3 is 2.60 bits per heavy atom. The monoisotopic (exact) mass is 338 g/mol. The third-order valence-corrected chi connectivity index (χ3v) is 5.04. The van der Waals surface area contributed by atoms with Crippen molar-refractivity contribution in [1.29, 1.82) is 0 Å². The van der Waals surface area contributed by atoms with Crippen LogP contribution in [-0.2, 0) is 4.79 Å². The van der Waals surface area contributed by atoms with Gasteiger partial charge in [-0.3, -0.25) is 4.79 Å². The number of carbonyl (C=O) groups is 1. The first-order chi connectivity index (χ1) is 12.3. The maximum absolute atomic E-state index is 12.7. The topological polar surface area (TPSA) is 58.6 Å². The van der Waals surface area contributed by atoms with Crippen LogP contribution < -0.4 is 9.64 Å². The van der Waals surface area contributed by atoms with E-state index in [0.717, 1.165) is 32.6 Å². The van der Waals surface area contributed by atoms with E-state index in [1.807, 2.05) is 23.1 Å². The van der Waals surface area contributed by atoms with E-state index in [9.17, 15) is 4.79 Å². The molecule has 0 bridgehead atoms. The van der Waals surface area contributed by atoms with E-state index in [4.69, 9.17) is 4.74 Å². The van der Waals surface area contributed by atoms with Gasteiger partial charge in [0, 0.05) is 44.4 Å². The Bertz CT molecular complexity index is 744. The molecule has 1 saturated carbocycles. The maximum atomic E-state index is 12.7. The first kappa shape index (κ1) is 15.9. The molecule has 1 saturated heterocycles. The number of benzene rings is 1. The third kappa shape index (κ3) is 3.29. The van der Waals surface area contributed by atoms with Gasteiger partial charge in [-0.15, -0.1) is 0 Å². The van der Waals surface area contributed by atoms with Crippen molar-refractivity contribution in [1.82, 2.24) is 14.9 Å². The fraction of sp³-hybridized carbons (Fsp3) is 0.421. The van der Waals surface area contributed by atoms with Gasteiger partial charge < -0.3 is 14.5 Å². The van der Waals surface area contributed by atoms with Crippen LogP contribution in [0.1, 0.15) is 17.9 Å². The van der Waals surface area contributed by atoms with E-state index in [2.05, 4.69) is 27.0 Å². The molecule has 6 heteroatoms. The van der Waals surface area contributed by atoms with Crippen molar-refractivity contribution >= 4 is 11.9 Å². The quantitative estimate of drug-likeness (QED) is 0.853. The molecule has 1 aliphatic carbocycles. The standard InChI is InChI=1S/C19H22N4O2/c1-25-17-7-8-20-19(21-17)23-11-9-22(10-12-23)18(24)16-13-15(16)14-5-3-2-4-6-14/h2-8,15-16H,9-13H2,1H3. The minimum Gasteiger partial charge on any atom is -0.481 e. The average Bonchev–Trinajstić information content (AvgIpc) is 3.49. The molecule has 4 rings (SSSR count). The van der Waals surface area contributed by atoms with Crippen LogP contribution in [0.2, 0.25) is 0 Å². The van der Waals surface area contributed by atoms with E-state index in [-0.39, 0.29) is 5.92 Å². The molecule has 1 amide bonds. The highest BCUT2D eigenvalue weighted by Gasteiger charge is 2.46. The van der Waals surface area contributed by atoms with E-state index in [1.54, 1.807) is 19.4 Å². The van der Waals surface area contributed by atoms with E-state index >= 15 is 0 Å². The van der Waals surface area contributed by atoms with Crippen molar-refractivity contribution in [3.05, 3.63) is 48.2 Å². The lowest BCUT2D eigenvalue weighted by Crippen LogP contribution is -2.49. The molecule has 1 aliphatic heterocycles. The number of rotatable bonds is 4. The molecule has 6 nitrogen and oxygen atoms in total. The Hall–Kier alpha value is -2.63. The molecule has 2 unspecified atom stereocenters. The van der Waals surface area contributed by atoms with Gasteiger partial charge in [0.15, 0.2) is 0 Å².